The second kappa shape index (κ2) is 6.00. The molecule has 0 saturated heterocycles. The van der Waals surface area contributed by atoms with Crippen LogP contribution in [0.4, 0.5) is 0 Å². The molecule has 102 valence electrons. The zero-order valence-electron chi connectivity index (χ0n) is 11.3. The van der Waals surface area contributed by atoms with Gasteiger partial charge in [0, 0.05) is 16.6 Å². The average Bonchev–Trinajstić information content (AvgIpc) is 2.80. The van der Waals surface area contributed by atoms with Crippen molar-refractivity contribution in [2.45, 2.75) is 33.4 Å². The molecule has 0 fully saturated rings. The number of furan rings is 1. The minimum atomic E-state index is 0.422. The maximum atomic E-state index is 6.24. The number of hydrogen-bond acceptors (Lipinski definition) is 2. The van der Waals surface area contributed by atoms with Crippen LogP contribution in [0.25, 0.3) is 11.3 Å². The van der Waals surface area contributed by atoms with Gasteiger partial charge in [0.25, 0.3) is 0 Å². The number of nitrogens with one attached hydrogen (secondary N) is 1. The van der Waals surface area contributed by atoms with Crippen LogP contribution < -0.4 is 5.32 Å². The van der Waals surface area contributed by atoms with Gasteiger partial charge in [-0.2, -0.15) is 0 Å². The summed E-state index contributed by atoms with van der Waals surface area (Å²) in [4.78, 5) is 0. The van der Waals surface area contributed by atoms with Gasteiger partial charge in [0.05, 0.1) is 11.6 Å². The van der Waals surface area contributed by atoms with E-state index in [-0.39, 0.29) is 0 Å². The van der Waals surface area contributed by atoms with Crippen LogP contribution >= 0.6 is 23.2 Å². The summed E-state index contributed by atoms with van der Waals surface area (Å²) >= 11 is 12.4. The van der Waals surface area contributed by atoms with Crippen LogP contribution in [0.3, 0.4) is 0 Å². The van der Waals surface area contributed by atoms with E-state index in [1.165, 1.54) is 0 Å². The Hall–Kier alpha value is -0.960. The first kappa shape index (κ1) is 14.4. The third kappa shape index (κ3) is 3.53. The molecule has 1 aromatic heterocycles. The maximum absolute atomic E-state index is 6.24. The van der Waals surface area contributed by atoms with E-state index in [0.717, 1.165) is 22.6 Å². The predicted octanol–water partition coefficient (Wildman–Crippen LogP) is 5.06. The van der Waals surface area contributed by atoms with Crippen molar-refractivity contribution < 1.29 is 4.42 Å². The normalized spacial score (nSPS) is 11.3. The molecule has 0 atom stereocenters. The van der Waals surface area contributed by atoms with Crippen molar-refractivity contribution in [2.24, 2.45) is 0 Å². The highest BCUT2D eigenvalue weighted by molar-refractivity contribution is 6.35. The van der Waals surface area contributed by atoms with Crippen molar-refractivity contribution in [1.82, 2.24) is 5.32 Å². The van der Waals surface area contributed by atoms with Crippen LogP contribution in [0, 0.1) is 6.92 Å². The van der Waals surface area contributed by atoms with Crippen LogP contribution in [0.5, 0.6) is 0 Å². The Morgan fingerprint density at radius 2 is 1.89 bits per heavy atom. The summed E-state index contributed by atoms with van der Waals surface area (Å²) in [6.07, 6.45) is 0. The summed E-state index contributed by atoms with van der Waals surface area (Å²) in [6.45, 7) is 6.83. The molecular weight excluding hydrogens is 281 g/mol. The average molecular weight is 298 g/mol. The molecule has 2 aromatic rings. The van der Waals surface area contributed by atoms with Crippen LogP contribution in [0.15, 0.2) is 28.7 Å². The van der Waals surface area contributed by atoms with Crippen molar-refractivity contribution in [1.29, 1.82) is 0 Å². The third-order valence-electron chi connectivity index (χ3n) is 2.86. The summed E-state index contributed by atoms with van der Waals surface area (Å²) in [5.74, 6) is 1.63. The SMILES string of the molecule is Cc1cc(Cl)c(-c2ccc(CNC(C)C)o2)cc1Cl. The Morgan fingerprint density at radius 3 is 2.58 bits per heavy atom. The van der Waals surface area contributed by atoms with Gasteiger partial charge >= 0.3 is 0 Å². The molecule has 0 radical (unpaired) electrons. The van der Waals surface area contributed by atoms with Crippen molar-refractivity contribution in [2.75, 3.05) is 0 Å². The predicted molar refractivity (Wildman–Crippen MR) is 80.9 cm³/mol. The molecule has 4 heteroatoms. The molecule has 0 unspecified atom stereocenters. The monoisotopic (exact) mass is 297 g/mol. The van der Waals surface area contributed by atoms with E-state index in [1.54, 1.807) is 0 Å². The van der Waals surface area contributed by atoms with E-state index in [9.17, 15) is 0 Å². The second-order valence-electron chi connectivity index (χ2n) is 4.88. The lowest BCUT2D eigenvalue weighted by molar-refractivity contribution is 0.473. The highest BCUT2D eigenvalue weighted by Gasteiger charge is 2.11. The third-order valence-corrected chi connectivity index (χ3v) is 3.58. The van der Waals surface area contributed by atoms with Gasteiger partial charge in [0.15, 0.2) is 0 Å². The quantitative estimate of drug-likeness (QED) is 0.853. The fourth-order valence-corrected chi connectivity index (χ4v) is 2.23. The highest BCUT2D eigenvalue weighted by Crippen LogP contribution is 2.33. The maximum Gasteiger partial charge on any atom is 0.135 e. The second-order valence-corrected chi connectivity index (χ2v) is 5.70. The largest absolute Gasteiger partial charge is 0.460 e. The molecule has 0 aliphatic rings. The lowest BCUT2D eigenvalue weighted by Crippen LogP contribution is -2.21. The van der Waals surface area contributed by atoms with E-state index < -0.39 is 0 Å². The zero-order chi connectivity index (χ0) is 14.0. The van der Waals surface area contributed by atoms with E-state index in [1.807, 2.05) is 31.2 Å². The number of halogens is 2. The minimum absolute atomic E-state index is 0.422. The topological polar surface area (TPSA) is 25.2 Å². The molecule has 0 bridgehead atoms. The van der Waals surface area contributed by atoms with E-state index >= 15 is 0 Å². The van der Waals surface area contributed by atoms with Gasteiger partial charge in [-0.3, -0.25) is 0 Å². The van der Waals surface area contributed by atoms with Gasteiger partial charge in [0.1, 0.15) is 11.5 Å². The van der Waals surface area contributed by atoms with Crippen molar-refractivity contribution in [3.05, 3.63) is 45.6 Å². The summed E-state index contributed by atoms with van der Waals surface area (Å²) in [7, 11) is 0. The first-order valence-electron chi connectivity index (χ1n) is 6.25. The Labute approximate surface area is 123 Å². The summed E-state index contributed by atoms with van der Waals surface area (Å²) in [5.41, 5.74) is 1.79. The molecule has 0 spiro atoms. The fraction of sp³-hybridized carbons (Fsp3) is 0.333. The molecule has 0 saturated carbocycles. The van der Waals surface area contributed by atoms with Crippen LogP contribution in [-0.4, -0.2) is 6.04 Å². The number of rotatable bonds is 4. The van der Waals surface area contributed by atoms with Crippen molar-refractivity contribution in [3.8, 4) is 11.3 Å². The molecule has 0 aliphatic carbocycles. The van der Waals surface area contributed by atoms with Crippen LogP contribution in [0.2, 0.25) is 10.0 Å². The minimum Gasteiger partial charge on any atom is -0.460 e. The number of hydrogen-bond donors (Lipinski definition) is 1. The van der Waals surface area contributed by atoms with Crippen LogP contribution in [-0.2, 0) is 6.54 Å². The van der Waals surface area contributed by atoms with Gasteiger partial charge in [-0.15, -0.1) is 0 Å². The molecule has 1 heterocycles. The molecule has 2 rings (SSSR count). The molecular formula is C15H17Cl2NO. The number of benzene rings is 1. The Bertz CT molecular complexity index is 576. The van der Waals surface area contributed by atoms with Gasteiger partial charge in [0.2, 0.25) is 0 Å². The lowest BCUT2D eigenvalue weighted by atomic mass is 10.1. The molecule has 1 N–H and O–H groups in total. The van der Waals surface area contributed by atoms with Crippen molar-refractivity contribution >= 4 is 23.2 Å². The molecule has 0 aliphatic heterocycles. The van der Waals surface area contributed by atoms with E-state index in [4.69, 9.17) is 27.6 Å². The standard InChI is InChI=1S/C15H17Cl2NO/c1-9(2)18-8-11-4-5-15(19-11)12-7-13(16)10(3)6-14(12)17/h4-7,9,18H,8H2,1-3H3. The van der Waals surface area contributed by atoms with Crippen molar-refractivity contribution in [3.63, 3.8) is 0 Å². The summed E-state index contributed by atoms with van der Waals surface area (Å²) < 4.78 is 5.79. The molecule has 19 heavy (non-hydrogen) atoms. The van der Waals surface area contributed by atoms with Gasteiger partial charge in [-0.1, -0.05) is 37.0 Å². The highest BCUT2D eigenvalue weighted by atomic mass is 35.5. The van der Waals surface area contributed by atoms with E-state index in [0.29, 0.717) is 22.6 Å². The van der Waals surface area contributed by atoms with Gasteiger partial charge in [-0.05, 0) is 36.8 Å². The van der Waals surface area contributed by atoms with Gasteiger partial charge in [-0.25, -0.2) is 0 Å². The summed E-state index contributed by atoms with van der Waals surface area (Å²) in [6, 6.07) is 8.00. The smallest absolute Gasteiger partial charge is 0.135 e. The van der Waals surface area contributed by atoms with E-state index in [2.05, 4.69) is 19.2 Å². The number of aryl methyl sites for hydroxylation is 1. The lowest BCUT2D eigenvalue weighted by Gasteiger charge is -2.06. The first-order valence-corrected chi connectivity index (χ1v) is 7.01. The van der Waals surface area contributed by atoms with Gasteiger partial charge < -0.3 is 9.73 Å². The Morgan fingerprint density at radius 1 is 1.16 bits per heavy atom. The Kier molecular flexibility index (Phi) is 4.56. The fourth-order valence-electron chi connectivity index (χ4n) is 1.76. The first-order chi connectivity index (χ1) is 8.97. The zero-order valence-corrected chi connectivity index (χ0v) is 12.8. The summed E-state index contributed by atoms with van der Waals surface area (Å²) in [5, 5.41) is 4.65. The Balaban J connectivity index is 2.25. The molecule has 2 nitrogen and oxygen atoms in total. The van der Waals surface area contributed by atoms with Crippen LogP contribution in [0.1, 0.15) is 25.2 Å². The molecule has 0 amide bonds. The molecule has 1 aromatic carbocycles.